The summed E-state index contributed by atoms with van der Waals surface area (Å²) in [6, 6.07) is 5.84. The van der Waals surface area contributed by atoms with Crippen LogP contribution in [0, 0.1) is 5.92 Å². The molecule has 0 atom stereocenters. The summed E-state index contributed by atoms with van der Waals surface area (Å²) in [5.41, 5.74) is 6.86. The maximum atomic E-state index is 6.04. The highest BCUT2D eigenvalue weighted by atomic mass is 16.5. The van der Waals surface area contributed by atoms with Crippen LogP contribution in [0.5, 0.6) is 0 Å². The maximum Gasteiger partial charge on any atom is 0.234 e. The van der Waals surface area contributed by atoms with E-state index >= 15 is 0 Å². The quantitative estimate of drug-likeness (QED) is 0.934. The number of hydrogen-bond donors (Lipinski definition) is 1. The molecule has 112 valence electrons. The summed E-state index contributed by atoms with van der Waals surface area (Å²) in [4.78, 5) is 8.90. The number of nitrogens with two attached hydrogens (primary N) is 1. The second-order valence-electron chi connectivity index (χ2n) is 6.18. The molecule has 1 saturated carbocycles. The number of aromatic nitrogens is 3. The van der Waals surface area contributed by atoms with Crippen molar-refractivity contribution in [2.45, 2.75) is 44.4 Å². The van der Waals surface area contributed by atoms with Crippen LogP contribution in [0.15, 0.2) is 28.9 Å². The van der Waals surface area contributed by atoms with Gasteiger partial charge in [0.05, 0.1) is 11.8 Å². The van der Waals surface area contributed by atoms with Gasteiger partial charge < -0.3 is 10.3 Å². The van der Waals surface area contributed by atoms with Crippen LogP contribution in [0.25, 0.3) is 0 Å². The molecule has 2 aromatic rings. The van der Waals surface area contributed by atoms with E-state index in [1.54, 1.807) is 6.20 Å². The van der Waals surface area contributed by atoms with E-state index in [-0.39, 0.29) is 5.41 Å². The molecule has 2 heterocycles. The molecular weight excluding hydrogens is 264 g/mol. The molecule has 21 heavy (non-hydrogen) atoms. The minimum absolute atomic E-state index is 0.123. The largest absolute Gasteiger partial charge is 0.339 e. The van der Waals surface area contributed by atoms with Crippen LogP contribution in [-0.4, -0.2) is 21.7 Å². The molecule has 3 rings (SSSR count). The third kappa shape index (κ3) is 2.97. The van der Waals surface area contributed by atoms with Gasteiger partial charge in [-0.3, -0.25) is 4.98 Å². The first kappa shape index (κ1) is 14.2. The van der Waals surface area contributed by atoms with Crippen LogP contribution in [0.2, 0.25) is 0 Å². The third-order valence-electron chi connectivity index (χ3n) is 4.61. The smallest absolute Gasteiger partial charge is 0.234 e. The summed E-state index contributed by atoms with van der Waals surface area (Å²) in [5, 5.41) is 4.12. The fraction of sp³-hybridized carbons (Fsp3) is 0.562. The fourth-order valence-corrected chi connectivity index (χ4v) is 3.03. The zero-order valence-electron chi connectivity index (χ0n) is 12.5. The van der Waals surface area contributed by atoms with E-state index < -0.39 is 0 Å². The van der Waals surface area contributed by atoms with Gasteiger partial charge in [-0.05, 0) is 43.7 Å². The van der Waals surface area contributed by atoms with E-state index in [4.69, 9.17) is 10.3 Å². The lowest BCUT2D eigenvalue weighted by Crippen LogP contribution is -2.39. The molecule has 1 aliphatic carbocycles. The Balaban J connectivity index is 1.77. The summed E-state index contributed by atoms with van der Waals surface area (Å²) >= 11 is 0. The molecule has 2 N–H and O–H groups in total. The highest BCUT2D eigenvalue weighted by Gasteiger charge is 2.39. The predicted molar refractivity (Wildman–Crippen MR) is 79.7 cm³/mol. The van der Waals surface area contributed by atoms with E-state index in [0.717, 1.165) is 24.5 Å². The Bertz CT molecular complexity index is 573. The molecule has 0 aromatic carbocycles. The van der Waals surface area contributed by atoms with Gasteiger partial charge in [0.1, 0.15) is 0 Å². The van der Waals surface area contributed by atoms with Gasteiger partial charge in [0.15, 0.2) is 5.82 Å². The Hall–Kier alpha value is -1.75. The summed E-state index contributed by atoms with van der Waals surface area (Å²) in [5.74, 6) is 2.17. The zero-order chi connectivity index (χ0) is 14.7. The average Bonchev–Trinajstić information content (AvgIpc) is 2.99. The van der Waals surface area contributed by atoms with Gasteiger partial charge in [0.25, 0.3) is 0 Å². The lowest BCUT2D eigenvalue weighted by molar-refractivity contribution is 0.191. The van der Waals surface area contributed by atoms with Gasteiger partial charge in [-0.15, -0.1) is 0 Å². The Kier molecular flexibility index (Phi) is 4.01. The summed E-state index contributed by atoms with van der Waals surface area (Å²) < 4.78 is 5.54. The normalized spacial score (nSPS) is 25.9. The first-order chi connectivity index (χ1) is 10.2. The molecule has 0 spiro atoms. The van der Waals surface area contributed by atoms with Crippen LogP contribution in [0.3, 0.4) is 0 Å². The SMILES string of the molecule is CC1CCC(CN)(c2nc(Cc3ccccn3)no2)CC1. The molecule has 5 nitrogen and oxygen atoms in total. The van der Waals surface area contributed by atoms with Gasteiger partial charge in [0.2, 0.25) is 5.89 Å². The third-order valence-corrected chi connectivity index (χ3v) is 4.61. The highest BCUT2D eigenvalue weighted by molar-refractivity contribution is 5.12. The molecule has 0 unspecified atom stereocenters. The topological polar surface area (TPSA) is 77.8 Å². The van der Waals surface area contributed by atoms with Crippen molar-refractivity contribution in [3.05, 3.63) is 41.8 Å². The van der Waals surface area contributed by atoms with Crippen molar-refractivity contribution in [3.8, 4) is 0 Å². The molecule has 0 bridgehead atoms. The second kappa shape index (κ2) is 5.93. The summed E-state index contributed by atoms with van der Waals surface area (Å²) in [7, 11) is 0. The first-order valence-corrected chi connectivity index (χ1v) is 7.65. The lowest BCUT2D eigenvalue weighted by atomic mass is 9.71. The standard InChI is InChI=1S/C16H22N4O/c1-12-5-7-16(11-17,8-6-12)15-19-14(20-21-15)10-13-4-2-3-9-18-13/h2-4,9,12H,5-8,10-11,17H2,1H3. The molecule has 0 saturated heterocycles. The summed E-state index contributed by atoms with van der Waals surface area (Å²) in [6.45, 7) is 2.87. The van der Waals surface area contributed by atoms with Gasteiger partial charge in [-0.1, -0.05) is 18.1 Å². The van der Waals surface area contributed by atoms with E-state index in [2.05, 4.69) is 22.0 Å². The Morgan fingerprint density at radius 2 is 2.14 bits per heavy atom. The van der Waals surface area contributed by atoms with E-state index in [1.165, 1.54) is 12.8 Å². The molecule has 0 amide bonds. The van der Waals surface area contributed by atoms with Crippen LogP contribution in [-0.2, 0) is 11.8 Å². The Morgan fingerprint density at radius 1 is 1.33 bits per heavy atom. The molecule has 2 aromatic heterocycles. The minimum Gasteiger partial charge on any atom is -0.339 e. The molecule has 0 aliphatic heterocycles. The van der Waals surface area contributed by atoms with Crippen molar-refractivity contribution in [2.24, 2.45) is 11.7 Å². The van der Waals surface area contributed by atoms with Crippen LogP contribution >= 0.6 is 0 Å². The fourth-order valence-electron chi connectivity index (χ4n) is 3.03. The van der Waals surface area contributed by atoms with Crippen molar-refractivity contribution in [1.82, 2.24) is 15.1 Å². The van der Waals surface area contributed by atoms with Gasteiger partial charge in [-0.25, -0.2) is 0 Å². The van der Waals surface area contributed by atoms with Gasteiger partial charge in [0, 0.05) is 18.4 Å². The zero-order valence-corrected chi connectivity index (χ0v) is 12.5. The maximum absolute atomic E-state index is 6.04. The van der Waals surface area contributed by atoms with Gasteiger partial charge >= 0.3 is 0 Å². The van der Waals surface area contributed by atoms with Crippen molar-refractivity contribution in [1.29, 1.82) is 0 Å². The van der Waals surface area contributed by atoms with Crippen molar-refractivity contribution < 1.29 is 4.52 Å². The van der Waals surface area contributed by atoms with Crippen molar-refractivity contribution >= 4 is 0 Å². The van der Waals surface area contributed by atoms with Gasteiger partial charge in [-0.2, -0.15) is 4.98 Å². The Labute approximate surface area is 125 Å². The molecular formula is C16H22N4O. The number of rotatable bonds is 4. The van der Waals surface area contributed by atoms with Crippen LogP contribution < -0.4 is 5.73 Å². The molecule has 0 radical (unpaired) electrons. The monoisotopic (exact) mass is 286 g/mol. The summed E-state index contributed by atoms with van der Waals surface area (Å²) in [6.07, 6.45) is 6.80. The predicted octanol–water partition coefficient (Wildman–Crippen LogP) is 2.46. The number of nitrogens with zero attached hydrogens (tertiary/aromatic N) is 3. The molecule has 5 heteroatoms. The van der Waals surface area contributed by atoms with Crippen molar-refractivity contribution in [2.75, 3.05) is 6.54 Å². The average molecular weight is 286 g/mol. The van der Waals surface area contributed by atoms with E-state index in [0.29, 0.717) is 24.7 Å². The van der Waals surface area contributed by atoms with E-state index in [9.17, 15) is 0 Å². The number of pyridine rings is 1. The van der Waals surface area contributed by atoms with E-state index in [1.807, 2.05) is 18.2 Å². The van der Waals surface area contributed by atoms with Crippen LogP contribution in [0.4, 0.5) is 0 Å². The molecule has 1 fully saturated rings. The Morgan fingerprint density at radius 3 is 2.81 bits per heavy atom. The van der Waals surface area contributed by atoms with Crippen molar-refractivity contribution in [3.63, 3.8) is 0 Å². The number of hydrogen-bond acceptors (Lipinski definition) is 5. The minimum atomic E-state index is -0.123. The highest BCUT2D eigenvalue weighted by Crippen LogP contribution is 2.40. The first-order valence-electron chi connectivity index (χ1n) is 7.65. The second-order valence-corrected chi connectivity index (χ2v) is 6.18. The molecule has 1 aliphatic rings. The lowest BCUT2D eigenvalue weighted by Gasteiger charge is -2.35. The van der Waals surface area contributed by atoms with Crippen LogP contribution in [0.1, 0.15) is 50.0 Å².